The lowest BCUT2D eigenvalue weighted by Crippen LogP contribution is -2.14. The SMILES string of the molecule is COc1cccc2c1nc(N)n2C1CCCC1C. The highest BCUT2D eigenvalue weighted by molar-refractivity contribution is 5.84. The van der Waals surface area contributed by atoms with Crippen molar-refractivity contribution >= 4 is 17.0 Å². The van der Waals surface area contributed by atoms with Crippen LogP contribution in [0.25, 0.3) is 11.0 Å². The first-order valence-electron chi connectivity index (χ1n) is 6.52. The van der Waals surface area contributed by atoms with Crippen molar-refractivity contribution in [1.29, 1.82) is 0 Å². The Hall–Kier alpha value is -1.71. The van der Waals surface area contributed by atoms with Crippen LogP contribution in [0.15, 0.2) is 18.2 Å². The topological polar surface area (TPSA) is 53.1 Å². The van der Waals surface area contributed by atoms with Gasteiger partial charge in [0.25, 0.3) is 0 Å². The van der Waals surface area contributed by atoms with E-state index in [9.17, 15) is 0 Å². The van der Waals surface area contributed by atoms with E-state index >= 15 is 0 Å². The summed E-state index contributed by atoms with van der Waals surface area (Å²) in [4.78, 5) is 4.48. The second-order valence-electron chi connectivity index (χ2n) is 5.14. The summed E-state index contributed by atoms with van der Waals surface area (Å²) in [6, 6.07) is 6.48. The fourth-order valence-electron chi connectivity index (χ4n) is 3.13. The number of hydrogen-bond donors (Lipinski definition) is 1. The third kappa shape index (κ3) is 1.55. The van der Waals surface area contributed by atoms with Crippen molar-refractivity contribution in [3.05, 3.63) is 18.2 Å². The largest absolute Gasteiger partial charge is 0.494 e. The number of nitrogen functional groups attached to an aromatic ring is 1. The highest BCUT2D eigenvalue weighted by Gasteiger charge is 2.28. The summed E-state index contributed by atoms with van der Waals surface area (Å²) in [6.45, 7) is 2.29. The molecule has 1 saturated carbocycles. The molecule has 3 rings (SSSR count). The van der Waals surface area contributed by atoms with Gasteiger partial charge in [-0.2, -0.15) is 0 Å². The molecule has 96 valence electrons. The molecule has 0 radical (unpaired) electrons. The Morgan fingerprint density at radius 1 is 1.39 bits per heavy atom. The van der Waals surface area contributed by atoms with Gasteiger partial charge in [0.1, 0.15) is 11.3 Å². The summed E-state index contributed by atoms with van der Waals surface area (Å²) in [5.74, 6) is 2.06. The number of anilines is 1. The molecule has 0 bridgehead atoms. The van der Waals surface area contributed by atoms with E-state index in [0.29, 0.717) is 17.9 Å². The van der Waals surface area contributed by atoms with Crippen molar-refractivity contribution in [1.82, 2.24) is 9.55 Å². The molecule has 0 aliphatic heterocycles. The van der Waals surface area contributed by atoms with Gasteiger partial charge in [-0.05, 0) is 30.9 Å². The molecule has 1 aromatic carbocycles. The van der Waals surface area contributed by atoms with Crippen LogP contribution in [0, 0.1) is 5.92 Å². The van der Waals surface area contributed by atoms with E-state index in [1.165, 1.54) is 19.3 Å². The van der Waals surface area contributed by atoms with Crippen LogP contribution in [0.2, 0.25) is 0 Å². The second kappa shape index (κ2) is 4.19. The molecule has 4 heteroatoms. The molecule has 0 saturated heterocycles. The van der Waals surface area contributed by atoms with Gasteiger partial charge in [0.05, 0.1) is 12.6 Å². The number of para-hydroxylation sites is 1. The molecule has 4 nitrogen and oxygen atoms in total. The van der Waals surface area contributed by atoms with Gasteiger partial charge in [-0.25, -0.2) is 4.98 Å². The summed E-state index contributed by atoms with van der Waals surface area (Å²) in [7, 11) is 1.67. The monoisotopic (exact) mass is 245 g/mol. The third-order valence-corrected chi connectivity index (χ3v) is 4.08. The van der Waals surface area contributed by atoms with E-state index in [2.05, 4.69) is 22.5 Å². The number of imidazole rings is 1. The van der Waals surface area contributed by atoms with Crippen molar-refractivity contribution in [2.24, 2.45) is 5.92 Å². The van der Waals surface area contributed by atoms with Crippen molar-refractivity contribution in [3.8, 4) is 5.75 Å². The fraction of sp³-hybridized carbons (Fsp3) is 0.500. The van der Waals surface area contributed by atoms with Crippen molar-refractivity contribution in [3.63, 3.8) is 0 Å². The Labute approximate surface area is 107 Å². The minimum atomic E-state index is 0.474. The molecule has 1 aromatic heterocycles. The summed E-state index contributed by atoms with van der Waals surface area (Å²) in [5.41, 5.74) is 8.08. The molecule has 2 aromatic rings. The second-order valence-corrected chi connectivity index (χ2v) is 5.14. The van der Waals surface area contributed by atoms with Crippen LogP contribution in [-0.4, -0.2) is 16.7 Å². The van der Waals surface area contributed by atoms with Crippen LogP contribution in [0.5, 0.6) is 5.75 Å². The number of ether oxygens (including phenoxy) is 1. The fourth-order valence-corrected chi connectivity index (χ4v) is 3.13. The zero-order valence-corrected chi connectivity index (χ0v) is 10.9. The number of hydrogen-bond acceptors (Lipinski definition) is 3. The zero-order valence-electron chi connectivity index (χ0n) is 10.9. The standard InChI is InChI=1S/C14H19N3O/c1-9-5-3-6-10(9)17-11-7-4-8-12(18-2)13(11)16-14(17)15/h4,7-10H,3,5-6H2,1-2H3,(H2,15,16). The van der Waals surface area contributed by atoms with Crippen LogP contribution in [0.1, 0.15) is 32.2 Å². The van der Waals surface area contributed by atoms with Crippen molar-refractivity contribution < 1.29 is 4.74 Å². The van der Waals surface area contributed by atoms with Gasteiger partial charge >= 0.3 is 0 Å². The van der Waals surface area contributed by atoms with Gasteiger partial charge < -0.3 is 15.0 Å². The molecule has 18 heavy (non-hydrogen) atoms. The number of methoxy groups -OCH3 is 1. The van der Waals surface area contributed by atoms with Gasteiger partial charge in [0.15, 0.2) is 0 Å². The molecule has 2 N–H and O–H groups in total. The first-order chi connectivity index (χ1) is 8.72. The van der Waals surface area contributed by atoms with E-state index < -0.39 is 0 Å². The lowest BCUT2D eigenvalue weighted by molar-refractivity contribution is 0.417. The Bertz CT molecular complexity index is 576. The quantitative estimate of drug-likeness (QED) is 0.885. The van der Waals surface area contributed by atoms with Gasteiger partial charge in [0.2, 0.25) is 5.95 Å². The van der Waals surface area contributed by atoms with Crippen LogP contribution in [-0.2, 0) is 0 Å². The van der Waals surface area contributed by atoms with E-state index in [0.717, 1.165) is 16.8 Å². The Balaban J connectivity index is 2.20. The van der Waals surface area contributed by atoms with E-state index in [4.69, 9.17) is 10.5 Å². The molecule has 2 unspecified atom stereocenters. The van der Waals surface area contributed by atoms with Gasteiger partial charge in [-0.3, -0.25) is 0 Å². The molecule has 2 atom stereocenters. The molecular weight excluding hydrogens is 226 g/mol. The van der Waals surface area contributed by atoms with Crippen molar-refractivity contribution in [2.75, 3.05) is 12.8 Å². The van der Waals surface area contributed by atoms with Crippen LogP contribution >= 0.6 is 0 Å². The maximum atomic E-state index is 6.12. The van der Waals surface area contributed by atoms with Gasteiger partial charge in [0, 0.05) is 6.04 Å². The van der Waals surface area contributed by atoms with E-state index in [1.807, 2.05) is 12.1 Å². The first-order valence-corrected chi connectivity index (χ1v) is 6.52. The highest BCUT2D eigenvalue weighted by Crippen LogP contribution is 2.40. The summed E-state index contributed by atoms with van der Waals surface area (Å²) in [6.07, 6.45) is 3.73. The summed E-state index contributed by atoms with van der Waals surface area (Å²) in [5, 5.41) is 0. The Morgan fingerprint density at radius 2 is 2.22 bits per heavy atom. The Kier molecular flexibility index (Phi) is 2.65. The molecule has 0 spiro atoms. The number of fused-ring (bicyclic) bond motifs is 1. The lowest BCUT2D eigenvalue weighted by atomic mass is 10.1. The number of aromatic nitrogens is 2. The molecule has 1 aliphatic rings. The van der Waals surface area contributed by atoms with E-state index in [1.54, 1.807) is 7.11 Å². The third-order valence-electron chi connectivity index (χ3n) is 4.08. The van der Waals surface area contributed by atoms with E-state index in [-0.39, 0.29) is 0 Å². The molecule has 0 amide bonds. The zero-order chi connectivity index (χ0) is 12.7. The van der Waals surface area contributed by atoms with Crippen molar-refractivity contribution in [2.45, 2.75) is 32.2 Å². The first kappa shape index (κ1) is 11.4. The summed E-state index contributed by atoms with van der Waals surface area (Å²) < 4.78 is 7.54. The average Bonchev–Trinajstić information content (AvgIpc) is 2.91. The number of rotatable bonds is 2. The number of benzene rings is 1. The Morgan fingerprint density at radius 3 is 2.89 bits per heavy atom. The van der Waals surface area contributed by atoms with Gasteiger partial charge in [-0.1, -0.05) is 19.4 Å². The van der Waals surface area contributed by atoms with Crippen LogP contribution in [0.3, 0.4) is 0 Å². The number of nitrogens with zero attached hydrogens (tertiary/aromatic N) is 2. The highest BCUT2D eigenvalue weighted by atomic mass is 16.5. The molecule has 1 fully saturated rings. The number of nitrogens with two attached hydrogens (primary N) is 1. The summed E-state index contributed by atoms with van der Waals surface area (Å²) >= 11 is 0. The predicted octanol–water partition coefficient (Wildman–Crippen LogP) is 2.99. The maximum Gasteiger partial charge on any atom is 0.201 e. The normalized spacial score (nSPS) is 23.7. The predicted molar refractivity (Wildman–Crippen MR) is 72.7 cm³/mol. The van der Waals surface area contributed by atoms with Crippen LogP contribution < -0.4 is 10.5 Å². The molecule has 1 heterocycles. The lowest BCUT2D eigenvalue weighted by Gasteiger charge is -2.19. The average molecular weight is 245 g/mol. The van der Waals surface area contributed by atoms with Gasteiger partial charge in [-0.15, -0.1) is 0 Å². The van der Waals surface area contributed by atoms with Crippen LogP contribution in [0.4, 0.5) is 5.95 Å². The minimum Gasteiger partial charge on any atom is -0.494 e. The molecular formula is C14H19N3O. The smallest absolute Gasteiger partial charge is 0.201 e. The molecule has 1 aliphatic carbocycles. The maximum absolute atomic E-state index is 6.12. The minimum absolute atomic E-state index is 0.474.